The van der Waals surface area contributed by atoms with Crippen LogP contribution in [0, 0.1) is 5.92 Å². The van der Waals surface area contributed by atoms with E-state index in [2.05, 4.69) is 6.92 Å². The molecule has 26 heavy (non-hydrogen) atoms. The van der Waals surface area contributed by atoms with E-state index >= 15 is 0 Å². The van der Waals surface area contributed by atoms with Gasteiger partial charge in [0, 0.05) is 18.5 Å². The molecule has 138 valence electrons. The van der Waals surface area contributed by atoms with Gasteiger partial charge in [0.2, 0.25) is 0 Å². The lowest BCUT2D eigenvalue weighted by Gasteiger charge is -2.21. The van der Waals surface area contributed by atoms with E-state index in [1.165, 1.54) is 28.2 Å². The molecule has 0 spiro atoms. The van der Waals surface area contributed by atoms with Crippen molar-refractivity contribution >= 4 is 23.2 Å². The molecule has 0 aliphatic heterocycles. The number of esters is 1. The van der Waals surface area contributed by atoms with E-state index in [1.54, 1.807) is 18.9 Å². The van der Waals surface area contributed by atoms with E-state index in [4.69, 9.17) is 4.74 Å². The molecule has 1 heterocycles. The van der Waals surface area contributed by atoms with Crippen LogP contribution in [0.5, 0.6) is 0 Å². The summed E-state index contributed by atoms with van der Waals surface area (Å²) in [5.74, 6) is 0.0660. The topological polar surface area (TPSA) is 46.6 Å². The number of rotatable bonds is 5. The first-order valence-electron chi connectivity index (χ1n) is 9.05. The fourth-order valence-electron chi connectivity index (χ4n) is 3.32. The Morgan fingerprint density at radius 1 is 1.31 bits per heavy atom. The number of nitrogens with zero attached hydrogens (tertiary/aromatic N) is 1. The molecule has 2 aromatic rings. The van der Waals surface area contributed by atoms with Crippen LogP contribution in [-0.2, 0) is 28.9 Å². The molecule has 3 rings (SSSR count). The molecular weight excluding hydrogens is 346 g/mol. The van der Waals surface area contributed by atoms with E-state index < -0.39 is 12.1 Å². The van der Waals surface area contributed by atoms with E-state index in [1.807, 2.05) is 36.4 Å². The molecule has 0 fully saturated rings. The minimum absolute atomic E-state index is 0.197. The van der Waals surface area contributed by atoms with E-state index in [0.717, 1.165) is 18.4 Å². The third-order valence-corrected chi connectivity index (χ3v) is 6.02. The molecule has 1 aliphatic carbocycles. The van der Waals surface area contributed by atoms with E-state index in [-0.39, 0.29) is 5.91 Å². The van der Waals surface area contributed by atoms with Crippen molar-refractivity contribution in [3.8, 4) is 0 Å². The van der Waals surface area contributed by atoms with Gasteiger partial charge >= 0.3 is 5.97 Å². The highest BCUT2D eigenvalue weighted by Crippen LogP contribution is 2.32. The number of fused-ring (bicyclic) bond motifs is 1. The molecule has 0 bridgehead atoms. The molecule has 2 atom stereocenters. The maximum absolute atomic E-state index is 12.5. The molecule has 0 unspecified atom stereocenters. The van der Waals surface area contributed by atoms with Crippen molar-refractivity contribution in [2.24, 2.45) is 5.92 Å². The summed E-state index contributed by atoms with van der Waals surface area (Å²) in [5.41, 5.74) is 2.31. The Balaban J connectivity index is 1.59. The monoisotopic (exact) mass is 371 g/mol. The van der Waals surface area contributed by atoms with Gasteiger partial charge in [0.1, 0.15) is 4.88 Å². The lowest BCUT2D eigenvalue weighted by molar-refractivity contribution is -0.139. The Morgan fingerprint density at radius 3 is 2.77 bits per heavy atom. The smallest absolute Gasteiger partial charge is 0.349 e. The van der Waals surface area contributed by atoms with Crippen LogP contribution >= 0.6 is 11.3 Å². The number of benzene rings is 1. The molecule has 5 heteroatoms. The van der Waals surface area contributed by atoms with Gasteiger partial charge in [0.15, 0.2) is 6.10 Å². The fourth-order valence-corrected chi connectivity index (χ4v) is 4.41. The summed E-state index contributed by atoms with van der Waals surface area (Å²) in [6.45, 7) is 4.37. The molecule has 0 saturated heterocycles. The highest BCUT2D eigenvalue weighted by molar-refractivity contribution is 7.14. The minimum atomic E-state index is -0.797. The zero-order valence-electron chi connectivity index (χ0n) is 15.5. The van der Waals surface area contributed by atoms with Crippen LogP contribution in [0.2, 0.25) is 0 Å². The van der Waals surface area contributed by atoms with Crippen LogP contribution in [0.3, 0.4) is 0 Å². The van der Waals surface area contributed by atoms with E-state index in [0.29, 0.717) is 17.3 Å². The van der Waals surface area contributed by atoms with Crippen LogP contribution < -0.4 is 0 Å². The number of likely N-dealkylation sites (N-methyl/N-ethyl adjacent to an activating group) is 1. The van der Waals surface area contributed by atoms with Gasteiger partial charge in [-0.25, -0.2) is 4.79 Å². The second kappa shape index (κ2) is 8.04. The van der Waals surface area contributed by atoms with Crippen LogP contribution in [0.4, 0.5) is 0 Å². The average molecular weight is 372 g/mol. The normalized spacial score (nSPS) is 17.3. The summed E-state index contributed by atoms with van der Waals surface area (Å²) in [6, 6.07) is 11.7. The zero-order valence-corrected chi connectivity index (χ0v) is 16.3. The highest BCUT2D eigenvalue weighted by atomic mass is 32.1. The number of hydrogen-bond donors (Lipinski definition) is 0. The molecule has 1 aromatic carbocycles. The molecule has 1 aliphatic rings. The van der Waals surface area contributed by atoms with Crippen molar-refractivity contribution in [2.45, 2.75) is 45.8 Å². The summed E-state index contributed by atoms with van der Waals surface area (Å²) in [6.07, 6.45) is 2.42. The summed E-state index contributed by atoms with van der Waals surface area (Å²) in [4.78, 5) is 28.4. The van der Waals surface area contributed by atoms with Crippen molar-refractivity contribution in [1.82, 2.24) is 4.90 Å². The van der Waals surface area contributed by atoms with Crippen molar-refractivity contribution in [3.63, 3.8) is 0 Å². The predicted octanol–water partition coefficient (Wildman–Crippen LogP) is 4.08. The molecule has 0 saturated carbocycles. The molecule has 1 aromatic heterocycles. The molecule has 1 amide bonds. The van der Waals surface area contributed by atoms with Gasteiger partial charge in [-0.05, 0) is 49.3 Å². The Kier molecular flexibility index (Phi) is 5.77. The molecule has 4 nitrogen and oxygen atoms in total. The second-order valence-corrected chi connectivity index (χ2v) is 8.27. The maximum atomic E-state index is 12.5. The summed E-state index contributed by atoms with van der Waals surface area (Å²) < 4.78 is 5.44. The molecule has 0 radical (unpaired) electrons. The second-order valence-electron chi connectivity index (χ2n) is 7.13. The van der Waals surface area contributed by atoms with Gasteiger partial charge in [-0.3, -0.25) is 4.79 Å². The number of carbonyl (C=O) groups is 2. The first kappa shape index (κ1) is 18.6. The Labute approximate surface area is 158 Å². The average Bonchev–Trinajstić information content (AvgIpc) is 3.05. The van der Waals surface area contributed by atoms with Gasteiger partial charge in [0.25, 0.3) is 5.91 Å². The predicted molar refractivity (Wildman–Crippen MR) is 103 cm³/mol. The minimum Gasteiger partial charge on any atom is -0.448 e. The fraction of sp³-hybridized carbons (Fsp3) is 0.429. The first-order chi connectivity index (χ1) is 12.4. The van der Waals surface area contributed by atoms with Crippen LogP contribution in [0.25, 0.3) is 0 Å². The van der Waals surface area contributed by atoms with Crippen molar-refractivity contribution < 1.29 is 14.3 Å². The largest absolute Gasteiger partial charge is 0.448 e. The highest BCUT2D eigenvalue weighted by Gasteiger charge is 2.25. The number of carbonyl (C=O) groups excluding carboxylic acids is 2. The summed E-state index contributed by atoms with van der Waals surface area (Å²) in [7, 11) is 1.73. The number of ether oxygens (including phenoxy) is 1. The van der Waals surface area contributed by atoms with Crippen molar-refractivity contribution in [2.75, 3.05) is 7.05 Å². The number of hydrogen-bond acceptors (Lipinski definition) is 4. The standard InChI is InChI=1S/C21H25NO3S/c1-14-9-10-18-17(11-14)12-19(26-18)21(24)25-15(2)20(23)22(3)13-16-7-5-4-6-8-16/h4-8,12,14-15H,9-11,13H2,1-3H3/t14-,15+/m1/s1. The SMILES string of the molecule is C[C@@H]1CCc2sc(C(=O)O[C@@H](C)C(=O)N(C)Cc3ccccc3)cc2C1. The Bertz CT molecular complexity index is 784. The third-order valence-electron chi connectivity index (χ3n) is 4.80. The summed E-state index contributed by atoms with van der Waals surface area (Å²) in [5, 5.41) is 0. The van der Waals surface area contributed by atoms with Gasteiger partial charge in [-0.1, -0.05) is 37.3 Å². The van der Waals surface area contributed by atoms with E-state index in [9.17, 15) is 9.59 Å². The first-order valence-corrected chi connectivity index (χ1v) is 9.87. The number of amides is 1. The lowest BCUT2D eigenvalue weighted by Crippen LogP contribution is -2.37. The Hall–Kier alpha value is -2.14. The van der Waals surface area contributed by atoms with Crippen molar-refractivity contribution in [3.05, 3.63) is 57.3 Å². The van der Waals surface area contributed by atoms with Crippen LogP contribution in [0.15, 0.2) is 36.4 Å². The van der Waals surface area contributed by atoms with Gasteiger partial charge in [-0.2, -0.15) is 0 Å². The maximum Gasteiger partial charge on any atom is 0.349 e. The number of aryl methyl sites for hydroxylation is 1. The van der Waals surface area contributed by atoms with Crippen LogP contribution in [-0.4, -0.2) is 29.9 Å². The quantitative estimate of drug-likeness (QED) is 0.744. The van der Waals surface area contributed by atoms with Gasteiger partial charge < -0.3 is 9.64 Å². The van der Waals surface area contributed by atoms with Crippen LogP contribution in [0.1, 0.15) is 45.9 Å². The van der Waals surface area contributed by atoms with Crippen molar-refractivity contribution in [1.29, 1.82) is 0 Å². The summed E-state index contributed by atoms with van der Waals surface area (Å²) >= 11 is 1.51. The molecular formula is C21H25NO3S. The van der Waals surface area contributed by atoms with Gasteiger partial charge in [-0.15, -0.1) is 11.3 Å². The zero-order chi connectivity index (χ0) is 18.7. The van der Waals surface area contributed by atoms with Gasteiger partial charge in [0.05, 0.1) is 0 Å². The lowest BCUT2D eigenvalue weighted by atomic mass is 9.90. The molecule has 0 N–H and O–H groups in total. The third kappa shape index (κ3) is 4.33. The number of thiophene rings is 1. The Morgan fingerprint density at radius 2 is 2.04 bits per heavy atom.